The van der Waals surface area contributed by atoms with Crippen molar-refractivity contribution in [3.8, 4) is 17.0 Å². The zero-order valence-electron chi connectivity index (χ0n) is 14.1. The van der Waals surface area contributed by atoms with Crippen molar-refractivity contribution in [2.24, 2.45) is 0 Å². The van der Waals surface area contributed by atoms with E-state index in [1.165, 1.54) is 6.20 Å². The maximum Gasteiger partial charge on any atom is 0.253 e. The number of carbonyl (C=O) groups is 1. The molecule has 6 nitrogen and oxygen atoms in total. The average molecular weight is 337 g/mol. The highest BCUT2D eigenvalue weighted by atomic mass is 16.5. The summed E-state index contributed by atoms with van der Waals surface area (Å²) in [5.74, 6) is 0.306. The van der Waals surface area contributed by atoms with Gasteiger partial charge in [-0.05, 0) is 37.6 Å². The first kappa shape index (κ1) is 16.7. The van der Waals surface area contributed by atoms with Gasteiger partial charge in [0.25, 0.3) is 5.91 Å². The molecule has 0 fully saturated rings. The van der Waals surface area contributed by atoms with Gasteiger partial charge in [-0.3, -0.25) is 9.78 Å². The molecule has 0 aromatic carbocycles. The molecule has 1 N–H and O–H groups in total. The van der Waals surface area contributed by atoms with Crippen molar-refractivity contribution in [3.63, 3.8) is 0 Å². The molecule has 0 spiro atoms. The molecule has 1 amide bonds. The second-order valence-electron chi connectivity index (χ2n) is 5.83. The molecule has 0 atom stereocenters. The van der Waals surface area contributed by atoms with E-state index in [0.29, 0.717) is 18.0 Å². The molecule has 0 saturated carbocycles. The van der Waals surface area contributed by atoms with E-state index in [4.69, 9.17) is 9.15 Å². The van der Waals surface area contributed by atoms with Crippen molar-refractivity contribution in [1.29, 1.82) is 0 Å². The molecule has 128 valence electrons. The third kappa shape index (κ3) is 4.44. The minimum Gasteiger partial charge on any atom is -0.475 e. The van der Waals surface area contributed by atoms with Gasteiger partial charge in [-0.15, -0.1) is 0 Å². The third-order valence-corrected chi connectivity index (χ3v) is 3.46. The number of carbonyl (C=O) groups excluding carboxylic acids is 1. The predicted molar refractivity (Wildman–Crippen MR) is 93.1 cm³/mol. The van der Waals surface area contributed by atoms with Crippen molar-refractivity contribution in [2.45, 2.75) is 26.5 Å². The summed E-state index contributed by atoms with van der Waals surface area (Å²) < 4.78 is 10.6. The summed E-state index contributed by atoms with van der Waals surface area (Å²) >= 11 is 0. The summed E-state index contributed by atoms with van der Waals surface area (Å²) in [6, 6.07) is 7.22. The monoisotopic (exact) mass is 337 g/mol. The van der Waals surface area contributed by atoms with E-state index < -0.39 is 0 Å². The van der Waals surface area contributed by atoms with Crippen LogP contribution in [0.3, 0.4) is 0 Å². The highest BCUT2D eigenvalue weighted by molar-refractivity contribution is 5.93. The quantitative estimate of drug-likeness (QED) is 0.745. The van der Waals surface area contributed by atoms with Crippen LogP contribution < -0.4 is 10.1 Å². The minimum absolute atomic E-state index is 0.0437. The van der Waals surface area contributed by atoms with Crippen LogP contribution in [-0.2, 0) is 6.54 Å². The summed E-state index contributed by atoms with van der Waals surface area (Å²) in [6.07, 6.45) is 8.31. The maximum absolute atomic E-state index is 12.2. The number of nitrogens with zero attached hydrogens (tertiary/aromatic N) is 2. The first-order chi connectivity index (χ1) is 12.1. The van der Waals surface area contributed by atoms with Gasteiger partial charge >= 0.3 is 0 Å². The van der Waals surface area contributed by atoms with Gasteiger partial charge in [0.2, 0.25) is 5.88 Å². The lowest BCUT2D eigenvalue weighted by Gasteiger charge is -2.09. The van der Waals surface area contributed by atoms with Crippen molar-refractivity contribution >= 4 is 5.91 Å². The van der Waals surface area contributed by atoms with Crippen LogP contribution >= 0.6 is 0 Å². The molecule has 3 rings (SSSR count). The Morgan fingerprint density at radius 1 is 1.20 bits per heavy atom. The second kappa shape index (κ2) is 7.61. The Kier molecular flexibility index (Phi) is 5.09. The van der Waals surface area contributed by atoms with Gasteiger partial charge in [0.15, 0.2) is 0 Å². The molecule has 0 aliphatic rings. The number of pyridine rings is 2. The van der Waals surface area contributed by atoms with Gasteiger partial charge in [-0.25, -0.2) is 4.98 Å². The molecule has 0 bridgehead atoms. The number of nitrogens with one attached hydrogen (secondary N) is 1. The summed E-state index contributed by atoms with van der Waals surface area (Å²) in [7, 11) is 0. The standard InChI is InChI=1S/C19H19N3O3/c1-13(2)25-18-4-3-15(11-21-18)19(23)22-9-14-7-17(10-20-8-14)16-5-6-24-12-16/h3-8,10-13H,9H2,1-2H3,(H,22,23). The van der Waals surface area contributed by atoms with Gasteiger partial charge in [-0.2, -0.15) is 0 Å². The molecular weight excluding hydrogens is 318 g/mol. The van der Waals surface area contributed by atoms with Crippen LogP contribution in [0.1, 0.15) is 29.8 Å². The Hall–Kier alpha value is -3.15. The number of hydrogen-bond donors (Lipinski definition) is 1. The van der Waals surface area contributed by atoms with E-state index in [0.717, 1.165) is 16.7 Å². The molecular formula is C19H19N3O3. The molecule has 0 saturated heterocycles. The molecule has 0 aliphatic heterocycles. The topological polar surface area (TPSA) is 77.2 Å². The van der Waals surface area contributed by atoms with Crippen LogP contribution in [0, 0.1) is 0 Å². The van der Waals surface area contributed by atoms with Crippen LogP contribution in [0.2, 0.25) is 0 Å². The fourth-order valence-corrected chi connectivity index (χ4v) is 2.28. The van der Waals surface area contributed by atoms with E-state index in [-0.39, 0.29) is 12.0 Å². The van der Waals surface area contributed by atoms with Crippen LogP contribution in [-0.4, -0.2) is 22.0 Å². The largest absolute Gasteiger partial charge is 0.475 e. The number of rotatable bonds is 6. The Morgan fingerprint density at radius 3 is 2.76 bits per heavy atom. The van der Waals surface area contributed by atoms with Crippen LogP contribution in [0.4, 0.5) is 0 Å². The van der Waals surface area contributed by atoms with Gasteiger partial charge in [0.05, 0.1) is 24.2 Å². The van der Waals surface area contributed by atoms with Gasteiger partial charge in [0.1, 0.15) is 0 Å². The number of ether oxygens (including phenoxy) is 1. The van der Waals surface area contributed by atoms with Crippen molar-refractivity contribution in [1.82, 2.24) is 15.3 Å². The molecule has 6 heteroatoms. The Labute approximate surface area is 145 Å². The first-order valence-corrected chi connectivity index (χ1v) is 7.99. The zero-order chi connectivity index (χ0) is 17.6. The number of furan rings is 1. The predicted octanol–water partition coefficient (Wildman–Crippen LogP) is 3.45. The van der Waals surface area contributed by atoms with Crippen molar-refractivity contribution in [2.75, 3.05) is 0 Å². The summed E-state index contributed by atoms with van der Waals surface area (Å²) in [4.78, 5) is 20.6. The van der Waals surface area contributed by atoms with E-state index in [1.807, 2.05) is 26.0 Å². The summed E-state index contributed by atoms with van der Waals surface area (Å²) in [5, 5.41) is 2.86. The molecule has 0 unspecified atom stereocenters. The number of hydrogen-bond acceptors (Lipinski definition) is 5. The molecule has 3 aromatic heterocycles. The lowest BCUT2D eigenvalue weighted by atomic mass is 10.1. The van der Waals surface area contributed by atoms with Gasteiger partial charge in [-0.1, -0.05) is 0 Å². The van der Waals surface area contributed by atoms with Crippen molar-refractivity contribution < 1.29 is 13.9 Å². The van der Waals surface area contributed by atoms with E-state index in [9.17, 15) is 4.79 Å². The highest BCUT2D eigenvalue weighted by Gasteiger charge is 2.08. The number of amides is 1. The highest BCUT2D eigenvalue weighted by Crippen LogP contribution is 2.19. The van der Waals surface area contributed by atoms with Gasteiger partial charge in [0, 0.05) is 42.3 Å². The lowest BCUT2D eigenvalue weighted by Crippen LogP contribution is -2.23. The lowest BCUT2D eigenvalue weighted by molar-refractivity contribution is 0.0950. The summed E-state index contributed by atoms with van der Waals surface area (Å²) in [5.41, 5.74) is 3.28. The van der Waals surface area contributed by atoms with E-state index >= 15 is 0 Å². The molecule has 3 heterocycles. The normalized spacial score (nSPS) is 10.7. The van der Waals surface area contributed by atoms with Gasteiger partial charge < -0.3 is 14.5 Å². The SMILES string of the molecule is CC(C)Oc1ccc(C(=O)NCc2cncc(-c3ccoc3)c2)cn1. The first-order valence-electron chi connectivity index (χ1n) is 7.99. The fourth-order valence-electron chi connectivity index (χ4n) is 2.28. The molecule has 0 radical (unpaired) electrons. The maximum atomic E-state index is 12.2. The third-order valence-electron chi connectivity index (χ3n) is 3.46. The Bertz CT molecular complexity index is 827. The Morgan fingerprint density at radius 2 is 2.08 bits per heavy atom. The van der Waals surface area contributed by atoms with Crippen LogP contribution in [0.15, 0.2) is 59.8 Å². The minimum atomic E-state index is -0.197. The number of aromatic nitrogens is 2. The van der Waals surface area contributed by atoms with E-state index in [1.54, 1.807) is 37.1 Å². The molecule has 0 aliphatic carbocycles. The molecule has 3 aromatic rings. The molecule has 25 heavy (non-hydrogen) atoms. The second-order valence-corrected chi connectivity index (χ2v) is 5.83. The summed E-state index contributed by atoms with van der Waals surface area (Å²) in [6.45, 7) is 4.23. The Balaban J connectivity index is 1.61. The smallest absolute Gasteiger partial charge is 0.253 e. The van der Waals surface area contributed by atoms with Crippen molar-refractivity contribution in [3.05, 3.63) is 66.5 Å². The van der Waals surface area contributed by atoms with E-state index in [2.05, 4.69) is 15.3 Å². The average Bonchev–Trinajstić information content (AvgIpc) is 3.15. The zero-order valence-corrected chi connectivity index (χ0v) is 14.1. The fraction of sp³-hybridized carbons (Fsp3) is 0.211. The van der Waals surface area contributed by atoms with Crippen LogP contribution in [0.25, 0.3) is 11.1 Å². The van der Waals surface area contributed by atoms with Crippen LogP contribution in [0.5, 0.6) is 5.88 Å².